The van der Waals surface area contributed by atoms with E-state index in [1.807, 2.05) is 6.26 Å². The molecule has 1 saturated heterocycles. The lowest BCUT2D eigenvalue weighted by Crippen LogP contribution is -2.38. The van der Waals surface area contributed by atoms with Gasteiger partial charge in [0.25, 0.3) is 0 Å². The maximum absolute atomic E-state index is 10.6. The zero-order valence-corrected chi connectivity index (χ0v) is 8.09. The van der Waals surface area contributed by atoms with E-state index in [0.717, 1.165) is 6.67 Å². The molecular formula is C5H11N3OS2. The SMILES string of the molecule is CSN1CNC(NC(C)=O)S1. The molecule has 2 N–H and O–H groups in total. The molecule has 11 heavy (non-hydrogen) atoms. The van der Waals surface area contributed by atoms with Gasteiger partial charge in [-0.15, -0.1) is 0 Å². The van der Waals surface area contributed by atoms with Crippen molar-refractivity contribution in [3.63, 3.8) is 0 Å². The van der Waals surface area contributed by atoms with Crippen molar-refractivity contribution in [2.24, 2.45) is 0 Å². The number of carbonyl (C=O) groups excluding carboxylic acids is 1. The van der Waals surface area contributed by atoms with Crippen LogP contribution >= 0.6 is 23.9 Å². The summed E-state index contributed by atoms with van der Waals surface area (Å²) in [4.78, 5) is 10.6. The van der Waals surface area contributed by atoms with Crippen LogP contribution in [-0.4, -0.2) is 28.0 Å². The Bertz CT molecular complexity index is 155. The highest BCUT2D eigenvalue weighted by Crippen LogP contribution is 2.25. The fraction of sp³-hybridized carbons (Fsp3) is 0.800. The maximum atomic E-state index is 10.6. The summed E-state index contributed by atoms with van der Waals surface area (Å²) in [6, 6.07) is 0. The topological polar surface area (TPSA) is 44.4 Å². The highest BCUT2D eigenvalue weighted by atomic mass is 32.2. The van der Waals surface area contributed by atoms with Crippen LogP contribution in [0.5, 0.6) is 0 Å². The van der Waals surface area contributed by atoms with Crippen LogP contribution in [-0.2, 0) is 4.79 Å². The Balaban J connectivity index is 2.24. The second kappa shape index (κ2) is 4.20. The van der Waals surface area contributed by atoms with Crippen LogP contribution in [0, 0.1) is 0 Å². The molecule has 1 heterocycles. The van der Waals surface area contributed by atoms with Crippen molar-refractivity contribution in [3.8, 4) is 0 Å². The highest BCUT2D eigenvalue weighted by molar-refractivity contribution is 8.12. The van der Waals surface area contributed by atoms with E-state index in [0.29, 0.717) is 0 Å². The van der Waals surface area contributed by atoms with Crippen LogP contribution in [0.1, 0.15) is 6.92 Å². The van der Waals surface area contributed by atoms with Gasteiger partial charge in [0.2, 0.25) is 5.91 Å². The Morgan fingerprint density at radius 3 is 3.09 bits per heavy atom. The highest BCUT2D eigenvalue weighted by Gasteiger charge is 2.22. The molecule has 0 spiro atoms. The monoisotopic (exact) mass is 193 g/mol. The smallest absolute Gasteiger partial charge is 0.218 e. The minimum absolute atomic E-state index is 0.00190. The van der Waals surface area contributed by atoms with E-state index in [9.17, 15) is 4.79 Å². The minimum Gasteiger partial charge on any atom is -0.331 e. The van der Waals surface area contributed by atoms with Crippen molar-refractivity contribution >= 4 is 29.8 Å². The fourth-order valence-corrected chi connectivity index (χ4v) is 2.28. The summed E-state index contributed by atoms with van der Waals surface area (Å²) in [6.45, 7) is 2.32. The third kappa shape index (κ3) is 2.90. The first-order valence-corrected chi connectivity index (χ1v) is 5.23. The van der Waals surface area contributed by atoms with Gasteiger partial charge in [-0.3, -0.25) is 10.1 Å². The molecule has 64 valence electrons. The van der Waals surface area contributed by atoms with Crippen molar-refractivity contribution in [3.05, 3.63) is 0 Å². The van der Waals surface area contributed by atoms with Gasteiger partial charge in [0.1, 0.15) is 5.50 Å². The Labute approximate surface area is 74.7 Å². The van der Waals surface area contributed by atoms with Gasteiger partial charge in [0.15, 0.2) is 0 Å². The summed E-state index contributed by atoms with van der Waals surface area (Å²) in [7, 11) is 0. The molecular weight excluding hydrogens is 182 g/mol. The van der Waals surface area contributed by atoms with Gasteiger partial charge in [0.05, 0.1) is 6.67 Å². The molecule has 1 unspecified atom stereocenters. The Hall–Kier alpha value is 0.0900. The summed E-state index contributed by atoms with van der Waals surface area (Å²) >= 11 is 3.24. The second-order valence-corrected chi connectivity index (χ2v) is 4.22. The number of nitrogens with one attached hydrogen (secondary N) is 2. The molecule has 1 aliphatic heterocycles. The number of carbonyl (C=O) groups is 1. The van der Waals surface area contributed by atoms with Crippen molar-refractivity contribution in [1.29, 1.82) is 0 Å². The average molecular weight is 193 g/mol. The molecule has 6 heteroatoms. The molecule has 1 rings (SSSR count). The quantitative estimate of drug-likeness (QED) is 0.613. The number of amides is 1. The largest absolute Gasteiger partial charge is 0.331 e. The molecule has 4 nitrogen and oxygen atoms in total. The van der Waals surface area contributed by atoms with E-state index in [1.165, 1.54) is 6.92 Å². The van der Waals surface area contributed by atoms with E-state index in [-0.39, 0.29) is 11.4 Å². The van der Waals surface area contributed by atoms with E-state index in [4.69, 9.17) is 0 Å². The van der Waals surface area contributed by atoms with Crippen molar-refractivity contribution in [2.75, 3.05) is 12.9 Å². The average Bonchev–Trinajstić information content (AvgIpc) is 2.34. The van der Waals surface area contributed by atoms with Gasteiger partial charge < -0.3 is 5.32 Å². The van der Waals surface area contributed by atoms with E-state index in [1.54, 1.807) is 23.9 Å². The van der Waals surface area contributed by atoms with Crippen LogP contribution in [0.15, 0.2) is 0 Å². The van der Waals surface area contributed by atoms with Crippen molar-refractivity contribution in [1.82, 2.24) is 14.3 Å². The van der Waals surface area contributed by atoms with Crippen LogP contribution in [0.3, 0.4) is 0 Å². The first-order valence-electron chi connectivity index (χ1n) is 3.21. The summed E-state index contributed by atoms with van der Waals surface area (Å²) in [5, 5.41) is 5.89. The normalized spacial score (nSPS) is 25.5. The minimum atomic E-state index is -0.00190. The zero-order chi connectivity index (χ0) is 8.27. The molecule has 1 amide bonds. The van der Waals surface area contributed by atoms with Gasteiger partial charge in [-0.05, 0) is 18.2 Å². The molecule has 0 aliphatic carbocycles. The third-order valence-electron chi connectivity index (χ3n) is 1.17. The molecule has 1 atom stereocenters. The Morgan fingerprint density at radius 1 is 1.91 bits per heavy atom. The molecule has 1 fully saturated rings. The zero-order valence-electron chi connectivity index (χ0n) is 6.46. The summed E-state index contributed by atoms with van der Waals surface area (Å²) < 4.78 is 2.07. The van der Waals surface area contributed by atoms with E-state index >= 15 is 0 Å². The molecule has 0 saturated carbocycles. The Kier molecular flexibility index (Phi) is 3.50. The molecule has 0 aromatic heterocycles. The fourth-order valence-electron chi connectivity index (χ4n) is 0.719. The van der Waals surface area contributed by atoms with E-state index < -0.39 is 0 Å². The summed E-state index contributed by atoms with van der Waals surface area (Å²) in [6.07, 6.45) is 2.00. The lowest BCUT2D eigenvalue weighted by molar-refractivity contribution is -0.119. The first-order chi connectivity index (χ1) is 5.22. The summed E-state index contributed by atoms with van der Waals surface area (Å²) in [5.41, 5.74) is 0.0416. The second-order valence-electron chi connectivity index (χ2n) is 2.06. The predicted molar refractivity (Wildman–Crippen MR) is 48.6 cm³/mol. The molecule has 0 aromatic rings. The van der Waals surface area contributed by atoms with Gasteiger partial charge in [-0.1, -0.05) is 11.9 Å². The standard InChI is InChI=1S/C5H11N3OS2/c1-4(9)7-5-6-3-8(10-2)11-5/h5-6H,3H2,1-2H3,(H,7,9). The van der Waals surface area contributed by atoms with Gasteiger partial charge in [0, 0.05) is 6.92 Å². The van der Waals surface area contributed by atoms with Gasteiger partial charge >= 0.3 is 0 Å². The molecule has 0 bridgehead atoms. The molecule has 0 radical (unpaired) electrons. The summed E-state index contributed by atoms with van der Waals surface area (Å²) in [5.74, 6) is -0.00190. The van der Waals surface area contributed by atoms with Gasteiger partial charge in [-0.2, -0.15) is 3.71 Å². The Morgan fingerprint density at radius 2 is 2.64 bits per heavy atom. The third-order valence-corrected chi connectivity index (χ3v) is 3.27. The molecule has 1 aliphatic rings. The lowest BCUT2D eigenvalue weighted by atomic mass is 10.7. The van der Waals surface area contributed by atoms with Crippen molar-refractivity contribution in [2.45, 2.75) is 12.4 Å². The van der Waals surface area contributed by atoms with Crippen LogP contribution in [0.4, 0.5) is 0 Å². The van der Waals surface area contributed by atoms with Crippen LogP contribution in [0.2, 0.25) is 0 Å². The number of hydrogen-bond acceptors (Lipinski definition) is 5. The predicted octanol–water partition coefficient (Wildman–Crippen LogP) is 0.195. The van der Waals surface area contributed by atoms with E-state index in [2.05, 4.69) is 14.3 Å². The number of nitrogens with zero attached hydrogens (tertiary/aromatic N) is 1. The number of hydrogen-bond donors (Lipinski definition) is 2. The maximum Gasteiger partial charge on any atom is 0.218 e. The first kappa shape index (κ1) is 9.18. The van der Waals surface area contributed by atoms with Crippen LogP contribution in [0.25, 0.3) is 0 Å². The molecule has 0 aromatic carbocycles. The van der Waals surface area contributed by atoms with Gasteiger partial charge in [-0.25, -0.2) is 0 Å². The van der Waals surface area contributed by atoms with Crippen molar-refractivity contribution < 1.29 is 4.79 Å². The van der Waals surface area contributed by atoms with Crippen LogP contribution < -0.4 is 10.6 Å². The lowest BCUT2D eigenvalue weighted by Gasteiger charge is -2.09. The number of rotatable bonds is 2.